The summed E-state index contributed by atoms with van der Waals surface area (Å²) in [5, 5.41) is 11.8. The summed E-state index contributed by atoms with van der Waals surface area (Å²) in [6.07, 6.45) is 0. The number of aliphatic imine (C=N–C) groups is 1. The van der Waals surface area contributed by atoms with Crippen LogP contribution in [0.25, 0.3) is 28.5 Å². The van der Waals surface area contributed by atoms with E-state index in [1.54, 1.807) is 36.4 Å². The molecule has 0 aliphatic rings. The van der Waals surface area contributed by atoms with E-state index in [1.807, 2.05) is 182 Å². The number of para-hydroxylation sites is 2. The number of carbonyl (C=O) groups excluding carboxylic acids is 2. The number of nitrogens with zero attached hydrogens (tertiary/aromatic N) is 4. The van der Waals surface area contributed by atoms with Crippen LogP contribution in [0.3, 0.4) is 0 Å². The Hall–Kier alpha value is -4.73. The van der Waals surface area contributed by atoms with Crippen LogP contribution < -0.4 is 11.3 Å². The summed E-state index contributed by atoms with van der Waals surface area (Å²) in [6.45, 7) is 4.71. The SMILES string of the molecule is Brc1ccc(-c2nc(-c3cccc(Br)c3)n(-c3ccccc3)n2)cc1.CCOC(=N)c1ccc(Br)cc1.CCOC(=NC(=O)c1cccc(Br)c1)c1ccc(Br)cc1.ClC(Cl)(Cl)Cl.NNc1ccccc1.O=C(Cl)c1cccc(Br)c1. The lowest BCUT2D eigenvalue weighted by Gasteiger charge is -2.07. The Morgan fingerprint density at radius 1 is 0.556 bits per heavy atom. The Labute approximate surface area is 546 Å². The third-order valence-corrected chi connectivity index (χ3v) is 13.1. The van der Waals surface area contributed by atoms with E-state index in [-0.39, 0.29) is 11.8 Å². The number of nitrogens with one attached hydrogen (secondary N) is 2. The first-order valence-corrected chi connectivity index (χ1v) is 30.3. The van der Waals surface area contributed by atoms with Gasteiger partial charge in [-0.05, 0) is 153 Å². The van der Waals surface area contributed by atoms with Gasteiger partial charge in [0.1, 0.15) is 0 Å². The van der Waals surface area contributed by atoms with Gasteiger partial charge in [0.05, 0.1) is 18.9 Å². The molecule has 0 saturated heterocycles. The summed E-state index contributed by atoms with van der Waals surface area (Å²) >= 11 is 44.8. The molecule has 1 heterocycles. The van der Waals surface area contributed by atoms with E-state index in [0.29, 0.717) is 36.1 Å². The maximum Gasteiger partial charge on any atom is 0.280 e. The van der Waals surface area contributed by atoms with Gasteiger partial charge in [0.15, 0.2) is 11.6 Å². The van der Waals surface area contributed by atoms with Crippen LogP contribution in [0.15, 0.2) is 238 Å². The minimum absolute atomic E-state index is 0.227. The fourth-order valence-corrected chi connectivity index (χ4v) is 8.37. The molecule has 0 atom stereocenters. The summed E-state index contributed by atoms with van der Waals surface area (Å²) in [5.41, 5.74) is 9.03. The maximum absolute atomic E-state index is 12.2. The molecule has 81 heavy (non-hydrogen) atoms. The number of benzene rings is 8. The highest BCUT2D eigenvalue weighted by molar-refractivity contribution is 9.11. The third kappa shape index (κ3) is 26.6. The predicted molar refractivity (Wildman–Crippen MR) is 356 cm³/mol. The summed E-state index contributed by atoms with van der Waals surface area (Å²) in [6, 6.07) is 64.8. The van der Waals surface area contributed by atoms with Gasteiger partial charge in [0.2, 0.25) is 11.8 Å². The van der Waals surface area contributed by atoms with Gasteiger partial charge in [-0.15, -0.1) is 5.10 Å². The van der Waals surface area contributed by atoms with Crippen molar-refractivity contribution >= 4 is 182 Å². The summed E-state index contributed by atoms with van der Waals surface area (Å²) in [7, 11) is 0. The molecule has 1 aromatic heterocycles. The normalized spacial score (nSPS) is 10.4. The third-order valence-electron chi connectivity index (χ3n) is 9.83. The average Bonchev–Trinajstić information content (AvgIpc) is 3.92. The second-order valence-corrected chi connectivity index (χ2v) is 25.0. The van der Waals surface area contributed by atoms with Gasteiger partial charge < -0.3 is 14.9 Å². The minimum atomic E-state index is -1.61. The Balaban J connectivity index is 0.000000226. The number of nitrogen functional groups attached to an aromatic ring is 1. The molecule has 9 aromatic rings. The highest BCUT2D eigenvalue weighted by Gasteiger charge is 2.16. The lowest BCUT2D eigenvalue weighted by molar-refractivity contribution is 0.0998. The van der Waals surface area contributed by atoms with E-state index < -0.39 is 8.49 Å². The minimum Gasteiger partial charge on any atom is -0.478 e. The van der Waals surface area contributed by atoms with Crippen LogP contribution in [0.5, 0.6) is 0 Å². The largest absolute Gasteiger partial charge is 0.478 e. The Kier molecular flexibility index (Phi) is 31.2. The first-order valence-electron chi connectivity index (χ1n) is 23.7. The molecule has 0 spiro atoms. The van der Waals surface area contributed by atoms with Crippen LogP contribution in [0.2, 0.25) is 0 Å². The molecule has 0 unspecified atom stereocenters. The van der Waals surface area contributed by atoms with E-state index in [2.05, 4.69) is 112 Å². The van der Waals surface area contributed by atoms with Crippen LogP contribution >= 0.6 is 154 Å². The fraction of sp³-hybridized carbons (Fsp3) is 0.0847. The van der Waals surface area contributed by atoms with Crippen molar-refractivity contribution in [2.75, 3.05) is 18.6 Å². The van der Waals surface area contributed by atoms with Gasteiger partial charge in [-0.3, -0.25) is 20.8 Å². The van der Waals surface area contributed by atoms with Crippen LogP contribution in [0.1, 0.15) is 45.7 Å². The number of hydrogen-bond donors (Lipinski definition) is 3. The summed E-state index contributed by atoms with van der Waals surface area (Å²) in [4.78, 5) is 31.7. The van der Waals surface area contributed by atoms with Crippen molar-refractivity contribution in [3.8, 4) is 28.5 Å². The molecule has 0 aliphatic carbocycles. The topological polar surface area (TPSA) is 158 Å². The lowest BCUT2D eigenvalue weighted by Crippen LogP contribution is -2.10. The molecule has 1 amide bonds. The molecule has 0 saturated carbocycles. The number of anilines is 1. The van der Waals surface area contributed by atoms with Gasteiger partial charge >= 0.3 is 0 Å². The van der Waals surface area contributed by atoms with Crippen molar-refractivity contribution in [2.45, 2.75) is 17.1 Å². The predicted octanol–water partition coefficient (Wildman–Crippen LogP) is 20.1. The Bertz CT molecular complexity index is 3410. The number of hydrogen-bond acceptors (Lipinski definition) is 9. The zero-order chi connectivity index (χ0) is 59.3. The first-order chi connectivity index (χ1) is 38.7. The van der Waals surface area contributed by atoms with Crippen molar-refractivity contribution < 1.29 is 19.1 Å². The highest BCUT2D eigenvalue weighted by atomic mass is 79.9. The van der Waals surface area contributed by atoms with Gasteiger partial charge in [0, 0.05) is 65.9 Å². The molecular weight excluding hydrogens is 1530 g/mol. The maximum atomic E-state index is 12.2. The van der Waals surface area contributed by atoms with E-state index in [4.69, 9.17) is 88.8 Å². The van der Waals surface area contributed by atoms with E-state index >= 15 is 0 Å². The second-order valence-electron chi connectivity index (χ2n) is 15.7. The summed E-state index contributed by atoms with van der Waals surface area (Å²) in [5.74, 6) is 6.84. The molecule has 8 aromatic carbocycles. The van der Waals surface area contributed by atoms with Crippen LogP contribution in [-0.4, -0.2) is 54.2 Å². The van der Waals surface area contributed by atoms with Crippen LogP contribution in [0, 0.1) is 5.41 Å². The number of aromatic nitrogens is 3. The number of halogens is 11. The molecule has 0 fully saturated rings. The zero-order valence-corrected chi connectivity index (χ0v) is 56.0. The number of nitrogens with two attached hydrogens (primary N) is 1. The zero-order valence-electron chi connectivity index (χ0n) is 42.7. The van der Waals surface area contributed by atoms with Gasteiger partial charge in [0.25, 0.3) is 14.4 Å². The molecule has 0 aliphatic heterocycles. The smallest absolute Gasteiger partial charge is 0.280 e. The molecule has 420 valence electrons. The van der Waals surface area contributed by atoms with E-state index in [1.165, 1.54) is 0 Å². The average molecular weight is 1580 g/mol. The molecule has 11 nitrogen and oxygen atoms in total. The van der Waals surface area contributed by atoms with Crippen molar-refractivity contribution in [2.24, 2.45) is 10.8 Å². The monoisotopic (exact) mass is 1570 g/mol. The highest BCUT2D eigenvalue weighted by Crippen LogP contribution is 2.30. The Morgan fingerprint density at radius 2 is 1.01 bits per heavy atom. The molecule has 0 radical (unpaired) electrons. The van der Waals surface area contributed by atoms with Gasteiger partial charge in [-0.1, -0.05) is 221 Å². The van der Waals surface area contributed by atoms with Gasteiger partial charge in [-0.2, -0.15) is 4.99 Å². The standard InChI is InChI=1S/C20H13Br2N3.C16H13Br2NO2.C9H10BrNO.C7H4BrClO.C6H8N2.CCl4/c21-16-11-9-14(10-12-16)19-23-20(15-5-4-6-17(22)13-15)25(24-19)18-7-2-1-3-8-18;1-2-21-16(11-6-8-13(17)9-7-11)19-15(20)12-4-3-5-14(18)10-12;1-2-12-9(11)7-3-5-8(10)6-4-7;8-6-3-1-2-5(4-6)7(9)10;7-8-6-4-2-1-3-5-6;2-1(3,4)5/h1-13H;3-10H,2H2,1H3;3-6,11H,2H2,1H3;1-4H;1-5,8H,7H2;. The van der Waals surface area contributed by atoms with Crippen molar-refractivity contribution in [1.29, 1.82) is 5.41 Å². The number of alkyl halides is 4. The molecular formula is C59H48Br6Cl5N7O4. The summed E-state index contributed by atoms with van der Waals surface area (Å²) < 4.78 is 16.5. The van der Waals surface area contributed by atoms with Crippen molar-refractivity contribution in [3.05, 3.63) is 255 Å². The molecule has 0 bridgehead atoms. The lowest BCUT2D eigenvalue weighted by atomic mass is 10.2. The number of rotatable bonds is 10. The number of hydrazine groups is 1. The fourth-order valence-electron chi connectivity index (χ4n) is 6.26. The van der Waals surface area contributed by atoms with Crippen LogP contribution in [0.4, 0.5) is 5.69 Å². The Morgan fingerprint density at radius 3 is 1.47 bits per heavy atom. The quantitative estimate of drug-likeness (QED) is 0.0305. The van der Waals surface area contributed by atoms with Crippen LogP contribution in [-0.2, 0) is 9.47 Å². The van der Waals surface area contributed by atoms with E-state index in [0.717, 1.165) is 66.3 Å². The van der Waals surface area contributed by atoms with Gasteiger partial charge in [-0.25, -0.2) is 9.67 Å². The van der Waals surface area contributed by atoms with E-state index in [9.17, 15) is 9.59 Å². The van der Waals surface area contributed by atoms with Crippen molar-refractivity contribution in [3.63, 3.8) is 0 Å². The number of carbonyl (C=O) groups is 2. The number of amides is 1. The number of ether oxygens (including phenoxy) is 2. The first kappa shape index (κ1) is 68.8. The van der Waals surface area contributed by atoms with Crippen molar-refractivity contribution in [1.82, 2.24) is 14.8 Å². The second kappa shape index (κ2) is 36.8. The molecule has 4 N–H and O–H groups in total. The molecule has 22 heteroatoms. The molecule has 9 rings (SSSR count).